The first-order chi connectivity index (χ1) is 9.20. The van der Waals surface area contributed by atoms with Gasteiger partial charge in [-0.3, -0.25) is 4.90 Å². The van der Waals surface area contributed by atoms with Crippen LogP contribution in [0.25, 0.3) is 0 Å². The van der Waals surface area contributed by atoms with E-state index in [4.69, 9.17) is 23.8 Å². The molecule has 1 aromatic rings. The van der Waals surface area contributed by atoms with E-state index in [-0.39, 0.29) is 11.1 Å². The maximum absolute atomic E-state index is 6.00. The highest BCUT2D eigenvalue weighted by Gasteiger charge is 2.45. The lowest BCUT2D eigenvalue weighted by Gasteiger charge is -2.29. The van der Waals surface area contributed by atoms with Gasteiger partial charge in [0.25, 0.3) is 0 Å². The lowest BCUT2D eigenvalue weighted by atomic mass is 9.94. The fraction of sp³-hybridized carbons (Fsp3) is 0.533. The number of nitrogens with one attached hydrogen (secondary N) is 2. The minimum atomic E-state index is 0.0212. The van der Waals surface area contributed by atoms with Crippen molar-refractivity contribution in [2.24, 2.45) is 0 Å². The molecular formula is C15H20ClN3S. The third-order valence-corrected chi connectivity index (χ3v) is 4.65. The molecule has 3 rings (SSSR count). The topological polar surface area (TPSA) is 27.1 Å². The Morgan fingerprint density at radius 2 is 2.05 bits per heavy atom. The van der Waals surface area contributed by atoms with Crippen LogP contribution < -0.4 is 15.5 Å². The molecule has 0 amide bonds. The fourth-order valence-corrected chi connectivity index (χ4v) is 3.77. The first kappa shape index (κ1) is 14.1. The van der Waals surface area contributed by atoms with E-state index in [2.05, 4.69) is 38.3 Å². The summed E-state index contributed by atoms with van der Waals surface area (Å²) in [6.45, 7) is 8.89. The summed E-state index contributed by atoms with van der Waals surface area (Å²) >= 11 is 11.5. The predicted molar refractivity (Wildman–Crippen MR) is 89.0 cm³/mol. The average Bonchev–Trinajstić information content (AvgIpc) is 2.93. The van der Waals surface area contributed by atoms with Crippen LogP contribution in [0.5, 0.6) is 0 Å². The molecule has 1 atom stereocenters. The Morgan fingerprint density at radius 1 is 1.35 bits per heavy atom. The molecule has 0 spiro atoms. The number of anilines is 2. The molecule has 0 saturated carbocycles. The van der Waals surface area contributed by atoms with Crippen molar-refractivity contribution < 1.29 is 0 Å². The zero-order valence-corrected chi connectivity index (χ0v) is 13.8. The van der Waals surface area contributed by atoms with Gasteiger partial charge in [0.15, 0.2) is 5.11 Å². The second-order valence-electron chi connectivity index (χ2n) is 6.91. The van der Waals surface area contributed by atoms with E-state index in [1.165, 1.54) is 0 Å². The predicted octanol–water partition coefficient (Wildman–Crippen LogP) is 3.59. The monoisotopic (exact) mass is 309 g/mol. The van der Waals surface area contributed by atoms with E-state index in [1.54, 1.807) is 0 Å². The number of halogens is 1. The third-order valence-electron chi connectivity index (χ3n) is 4.12. The summed E-state index contributed by atoms with van der Waals surface area (Å²) in [5, 5.41) is 8.67. The second kappa shape index (κ2) is 4.33. The number of rotatable bonds is 1. The fourth-order valence-electron chi connectivity index (χ4n) is 3.27. The van der Waals surface area contributed by atoms with Crippen molar-refractivity contribution in [3.63, 3.8) is 0 Å². The Balaban J connectivity index is 1.70. The van der Waals surface area contributed by atoms with Crippen LogP contribution in [0, 0.1) is 0 Å². The zero-order chi connectivity index (χ0) is 14.7. The summed E-state index contributed by atoms with van der Waals surface area (Å²) in [6.07, 6.45) is 1.05. The quantitative estimate of drug-likeness (QED) is 0.612. The van der Waals surface area contributed by atoms with Crippen LogP contribution in [0.15, 0.2) is 18.2 Å². The van der Waals surface area contributed by atoms with E-state index >= 15 is 0 Å². The number of hydrogen-bond donors (Lipinski definition) is 2. The van der Waals surface area contributed by atoms with Gasteiger partial charge in [0.05, 0.1) is 11.4 Å². The van der Waals surface area contributed by atoms with Gasteiger partial charge in [-0.25, -0.2) is 0 Å². The minimum Gasteiger partial charge on any atom is -0.357 e. The van der Waals surface area contributed by atoms with E-state index in [1.807, 2.05) is 23.1 Å². The third kappa shape index (κ3) is 2.41. The molecule has 0 aliphatic carbocycles. The lowest BCUT2D eigenvalue weighted by Crippen LogP contribution is -2.53. The van der Waals surface area contributed by atoms with Gasteiger partial charge in [-0.1, -0.05) is 11.6 Å². The molecule has 1 saturated heterocycles. The first-order valence-electron chi connectivity index (χ1n) is 6.89. The van der Waals surface area contributed by atoms with Gasteiger partial charge in [0, 0.05) is 22.1 Å². The largest absolute Gasteiger partial charge is 0.357 e. The minimum absolute atomic E-state index is 0.0212. The first-order valence-corrected chi connectivity index (χ1v) is 7.68. The van der Waals surface area contributed by atoms with Gasteiger partial charge in [0.2, 0.25) is 0 Å². The van der Waals surface area contributed by atoms with Gasteiger partial charge >= 0.3 is 0 Å². The van der Waals surface area contributed by atoms with Crippen LogP contribution in [-0.2, 0) is 0 Å². The van der Waals surface area contributed by atoms with Gasteiger partial charge in [-0.05, 0) is 64.5 Å². The Labute approximate surface area is 130 Å². The van der Waals surface area contributed by atoms with Crippen LogP contribution in [0.4, 0.5) is 11.4 Å². The average molecular weight is 310 g/mol. The summed E-state index contributed by atoms with van der Waals surface area (Å²) in [6, 6.07) is 6.17. The van der Waals surface area contributed by atoms with Crippen molar-refractivity contribution >= 4 is 40.3 Å². The molecule has 2 heterocycles. The van der Waals surface area contributed by atoms with Crippen LogP contribution in [0.2, 0.25) is 5.02 Å². The van der Waals surface area contributed by atoms with Gasteiger partial charge in [-0.2, -0.15) is 0 Å². The van der Waals surface area contributed by atoms with Crippen LogP contribution in [-0.4, -0.2) is 22.2 Å². The molecule has 1 aromatic carbocycles. The highest BCUT2D eigenvalue weighted by molar-refractivity contribution is 7.80. The normalized spacial score (nSPS) is 25.2. The van der Waals surface area contributed by atoms with E-state index in [0.29, 0.717) is 6.04 Å². The maximum Gasteiger partial charge on any atom is 0.178 e. The van der Waals surface area contributed by atoms with Crippen molar-refractivity contribution in [2.75, 3.05) is 4.90 Å². The molecule has 2 aliphatic rings. The molecule has 0 aromatic heterocycles. The molecule has 2 N–H and O–H groups in total. The van der Waals surface area contributed by atoms with E-state index < -0.39 is 0 Å². The lowest BCUT2D eigenvalue weighted by molar-refractivity contribution is 0.350. The molecule has 3 nitrogen and oxygen atoms in total. The summed E-state index contributed by atoms with van der Waals surface area (Å²) < 4.78 is 0. The number of hydrogen-bond acceptors (Lipinski definition) is 2. The van der Waals surface area contributed by atoms with E-state index in [0.717, 1.165) is 27.9 Å². The highest BCUT2D eigenvalue weighted by atomic mass is 35.5. The van der Waals surface area contributed by atoms with Crippen molar-refractivity contribution in [1.82, 2.24) is 10.6 Å². The zero-order valence-electron chi connectivity index (χ0n) is 12.2. The molecule has 108 valence electrons. The van der Waals surface area contributed by atoms with Crippen molar-refractivity contribution in [1.29, 1.82) is 0 Å². The molecule has 1 fully saturated rings. The van der Waals surface area contributed by atoms with Crippen LogP contribution in [0.1, 0.15) is 34.1 Å². The van der Waals surface area contributed by atoms with Gasteiger partial charge in [0.1, 0.15) is 0 Å². The summed E-state index contributed by atoms with van der Waals surface area (Å²) in [7, 11) is 0. The summed E-state index contributed by atoms with van der Waals surface area (Å²) in [5.74, 6) is 0. The Bertz CT molecular complexity index is 582. The number of fused-ring (bicyclic) bond motifs is 1. The molecule has 20 heavy (non-hydrogen) atoms. The van der Waals surface area contributed by atoms with E-state index in [9.17, 15) is 0 Å². The molecule has 2 aliphatic heterocycles. The smallest absolute Gasteiger partial charge is 0.178 e. The molecule has 0 radical (unpaired) electrons. The Hall–Kier alpha value is -0.840. The maximum atomic E-state index is 6.00. The SMILES string of the molecule is CC1(C)CC(NC(=S)N2c3ccc(Cl)cc32)C(C)(C)N1. The number of benzene rings is 1. The molecule has 0 bridgehead atoms. The molecule has 1 unspecified atom stereocenters. The number of thiocarbonyl (C=S) groups is 1. The van der Waals surface area contributed by atoms with Crippen LogP contribution >= 0.6 is 23.8 Å². The standard InChI is InChI=1S/C15H20ClN3S/c1-14(2)8-12(15(3,4)18-14)17-13(20)19-10-6-5-9(16)7-11(10)19/h5-7,12,18H,8H2,1-4H3,(H,17,20). The molecular weight excluding hydrogens is 290 g/mol. The summed E-state index contributed by atoms with van der Waals surface area (Å²) in [4.78, 5) is 2.04. The highest BCUT2D eigenvalue weighted by Crippen LogP contribution is 2.49. The van der Waals surface area contributed by atoms with Crippen molar-refractivity contribution in [3.05, 3.63) is 23.2 Å². The van der Waals surface area contributed by atoms with Crippen LogP contribution in [0.3, 0.4) is 0 Å². The second-order valence-corrected chi connectivity index (χ2v) is 7.73. The van der Waals surface area contributed by atoms with Gasteiger partial charge in [-0.15, -0.1) is 0 Å². The molecule has 5 heteroatoms. The number of nitrogens with zero attached hydrogens (tertiary/aromatic N) is 1. The van der Waals surface area contributed by atoms with Crippen molar-refractivity contribution in [2.45, 2.75) is 51.2 Å². The van der Waals surface area contributed by atoms with Gasteiger partial charge < -0.3 is 10.6 Å². The Morgan fingerprint density at radius 3 is 2.60 bits per heavy atom. The Kier molecular flexibility index (Phi) is 3.05. The van der Waals surface area contributed by atoms with Crippen molar-refractivity contribution in [3.8, 4) is 0 Å². The summed E-state index contributed by atoms with van der Waals surface area (Å²) in [5.41, 5.74) is 2.41.